The van der Waals surface area contributed by atoms with Gasteiger partial charge < -0.3 is 15.0 Å². The molecule has 1 aliphatic carbocycles. The van der Waals surface area contributed by atoms with Crippen LogP contribution in [0.4, 0.5) is 0 Å². The van der Waals surface area contributed by atoms with E-state index in [2.05, 4.69) is 21.2 Å². The maximum atomic E-state index is 12.5. The van der Waals surface area contributed by atoms with Gasteiger partial charge in [-0.25, -0.2) is 4.79 Å². The molecule has 0 aliphatic heterocycles. The summed E-state index contributed by atoms with van der Waals surface area (Å²) in [5.74, 6) is -0.949. The molecular weight excluding hydrogens is 336 g/mol. The summed E-state index contributed by atoms with van der Waals surface area (Å²) in [6, 6.07) is 1.72. The molecule has 21 heavy (non-hydrogen) atoms. The first-order chi connectivity index (χ1) is 9.88. The van der Waals surface area contributed by atoms with Crippen LogP contribution >= 0.6 is 15.9 Å². The van der Waals surface area contributed by atoms with Gasteiger partial charge in [0.25, 0.3) is 5.91 Å². The summed E-state index contributed by atoms with van der Waals surface area (Å²) in [4.78, 5) is 24.2. The molecule has 1 amide bonds. The van der Waals surface area contributed by atoms with Crippen molar-refractivity contribution in [1.29, 1.82) is 0 Å². The van der Waals surface area contributed by atoms with Crippen LogP contribution in [-0.4, -0.2) is 27.1 Å². The molecule has 6 heteroatoms. The number of halogens is 1. The first-order valence-corrected chi connectivity index (χ1v) is 8.09. The number of hydrogen-bond donors (Lipinski definition) is 2. The Morgan fingerprint density at radius 2 is 2.29 bits per heavy atom. The first-order valence-electron chi connectivity index (χ1n) is 7.29. The van der Waals surface area contributed by atoms with E-state index in [0.717, 1.165) is 17.3 Å². The van der Waals surface area contributed by atoms with Gasteiger partial charge in [-0.05, 0) is 47.7 Å². The van der Waals surface area contributed by atoms with Gasteiger partial charge in [0.05, 0.1) is 0 Å². The van der Waals surface area contributed by atoms with Crippen molar-refractivity contribution in [2.24, 2.45) is 5.92 Å². The lowest BCUT2D eigenvalue weighted by atomic mass is 9.76. The molecule has 116 valence electrons. The van der Waals surface area contributed by atoms with Gasteiger partial charge in [-0.15, -0.1) is 0 Å². The summed E-state index contributed by atoms with van der Waals surface area (Å²) in [6.07, 6.45) is 4.65. The molecule has 2 N–H and O–H groups in total. The van der Waals surface area contributed by atoms with Crippen LogP contribution in [0.3, 0.4) is 0 Å². The van der Waals surface area contributed by atoms with Crippen molar-refractivity contribution >= 4 is 27.8 Å². The third kappa shape index (κ3) is 3.31. The zero-order chi connectivity index (χ0) is 15.6. The largest absolute Gasteiger partial charge is 0.480 e. The van der Waals surface area contributed by atoms with Crippen molar-refractivity contribution in [2.45, 2.75) is 51.6 Å². The first kappa shape index (κ1) is 16.1. The van der Waals surface area contributed by atoms with E-state index in [1.807, 2.05) is 20.0 Å². The smallest absolute Gasteiger partial charge is 0.329 e. The van der Waals surface area contributed by atoms with E-state index in [9.17, 15) is 14.7 Å². The van der Waals surface area contributed by atoms with Crippen molar-refractivity contribution in [1.82, 2.24) is 9.88 Å². The van der Waals surface area contributed by atoms with Crippen LogP contribution in [0.1, 0.15) is 50.0 Å². The number of nitrogens with zero attached hydrogens (tertiary/aromatic N) is 1. The minimum absolute atomic E-state index is 0.305. The standard InChI is InChI=1S/C15H21BrN2O3/c1-3-18-9-11(16)7-12(18)13(19)17-15(14(20)21)6-4-5-10(2)8-15/h7,9-10H,3-6,8H2,1-2H3,(H,17,19)(H,20,21). The van der Waals surface area contributed by atoms with Gasteiger partial charge in [0.15, 0.2) is 0 Å². The summed E-state index contributed by atoms with van der Waals surface area (Å²) in [5.41, 5.74) is -0.646. The van der Waals surface area contributed by atoms with Gasteiger partial charge in [-0.2, -0.15) is 0 Å². The average Bonchev–Trinajstić information content (AvgIpc) is 2.80. The predicted molar refractivity (Wildman–Crippen MR) is 83.3 cm³/mol. The molecule has 1 fully saturated rings. The number of aromatic nitrogens is 1. The van der Waals surface area contributed by atoms with E-state index in [1.54, 1.807) is 10.6 Å². The molecule has 1 aliphatic rings. The van der Waals surface area contributed by atoms with Crippen molar-refractivity contribution in [3.63, 3.8) is 0 Å². The number of carboxylic acids is 1. The molecule has 0 spiro atoms. The van der Waals surface area contributed by atoms with E-state index in [1.165, 1.54) is 0 Å². The van der Waals surface area contributed by atoms with Gasteiger partial charge in [-0.1, -0.05) is 19.8 Å². The highest BCUT2D eigenvalue weighted by Gasteiger charge is 2.43. The molecule has 0 bridgehead atoms. The molecule has 1 saturated carbocycles. The molecule has 0 saturated heterocycles. The van der Waals surface area contributed by atoms with Gasteiger partial charge in [0.1, 0.15) is 11.2 Å². The molecule has 5 nitrogen and oxygen atoms in total. The predicted octanol–water partition coefficient (Wildman–Crippen LogP) is 3.03. The van der Waals surface area contributed by atoms with Crippen LogP contribution in [0.5, 0.6) is 0 Å². The number of hydrogen-bond acceptors (Lipinski definition) is 2. The number of aliphatic carboxylic acids is 1. The maximum absolute atomic E-state index is 12.5. The Kier molecular flexibility index (Phi) is 4.76. The van der Waals surface area contributed by atoms with Gasteiger partial charge in [0.2, 0.25) is 0 Å². The van der Waals surface area contributed by atoms with Crippen molar-refractivity contribution in [3.8, 4) is 0 Å². The van der Waals surface area contributed by atoms with Gasteiger partial charge in [0, 0.05) is 17.2 Å². The zero-order valence-electron chi connectivity index (χ0n) is 12.4. The summed E-state index contributed by atoms with van der Waals surface area (Å²) < 4.78 is 2.62. The second-order valence-electron chi connectivity index (χ2n) is 5.87. The summed E-state index contributed by atoms with van der Waals surface area (Å²) >= 11 is 3.35. The second-order valence-corrected chi connectivity index (χ2v) is 6.79. The van der Waals surface area contributed by atoms with Crippen LogP contribution in [-0.2, 0) is 11.3 Å². The third-order valence-corrected chi connectivity index (χ3v) is 4.63. The van der Waals surface area contributed by atoms with E-state index < -0.39 is 11.5 Å². The number of carbonyl (C=O) groups excluding carboxylic acids is 1. The van der Waals surface area contributed by atoms with E-state index in [0.29, 0.717) is 31.0 Å². The molecule has 0 radical (unpaired) electrons. The Hall–Kier alpha value is -1.30. The van der Waals surface area contributed by atoms with Crippen LogP contribution in [0.2, 0.25) is 0 Å². The van der Waals surface area contributed by atoms with E-state index in [4.69, 9.17) is 0 Å². The molecule has 2 rings (SSSR count). The fraction of sp³-hybridized carbons (Fsp3) is 0.600. The Bertz CT molecular complexity index is 555. The topological polar surface area (TPSA) is 71.3 Å². The number of rotatable bonds is 4. The Morgan fingerprint density at radius 1 is 1.57 bits per heavy atom. The lowest BCUT2D eigenvalue weighted by Gasteiger charge is -2.37. The zero-order valence-corrected chi connectivity index (χ0v) is 13.9. The number of carbonyl (C=O) groups is 2. The highest BCUT2D eigenvalue weighted by Crippen LogP contribution is 2.33. The lowest BCUT2D eigenvalue weighted by molar-refractivity contribution is -0.146. The highest BCUT2D eigenvalue weighted by atomic mass is 79.9. The van der Waals surface area contributed by atoms with Gasteiger partial charge >= 0.3 is 5.97 Å². The molecule has 2 unspecified atom stereocenters. The molecule has 1 aromatic rings. The normalized spacial score (nSPS) is 25.6. The Morgan fingerprint density at radius 3 is 2.86 bits per heavy atom. The maximum Gasteiger partial charge on any atom is 0.329 e. The average molecular weight is 357 g/mol. The van der Waals surface area contributed by atoms with Crippen LogP contribution < -0.4 is 5.32 Å². The summed E-state index contributed by atoms with van der Waals surface area (Å²) in [5, 5.41) is 12.4. The number of amides is 1. The molecule has 2 atom stereocenters. The lowest BCUT2D eigenvalue weighted by Crippen LogP contribution is -2.57. The van der Waals surface area contributed by atoms with E-state index >= 15 is 0 Å². The SMILES string of the molecule is CCn1cc(Br)cc1C(=O)NC1(C(=O)O)CCCC(C)C1. The van der Waals surface area contributed by atoms with Crippen molar-refractivity contribution in [3.05, 3.63) is 22.4 Å². The molecule has 1 aromatic heterocycles. The monoisotopic (exact) mass is 356 g/mol. The van der Waals surface area contributed by atoms with Crippen LogP contribution in [0.15, 0.2) is 16.7 Å². The van der Waals surface area contributed by atoms with E-state index in [-0.39, 0.29) is 5.91 Å². The summed E-state index contributed by atoms with van der Waals surface area (Å²) in [7, 11) is 0. The molecule has 1 heterocycles. The highest BCUT2D eigenvalue weighted by molar-refractivity contribution is 9.10. The van der Waals surface area contributed by atoms with Crippen LogP contribution in [0, 0.1) is 5.92 Å². The molecule has 0 aromatic carbocycles. The van der Waals surface area contributed by atoms with Crippen molar-refractivity contribution in [2.75, 3.05) is 0 Å². The summed E-state index contributed by atoms with van der Waals surface area (Å²) in [6.45, 7) is 4.64. The number of carboxylic acid groups (broad SMARTS) is 1. The number of nitrogens with one attached hydrogen (secondary N) is 1. The van der Waals surface area contributed by atoms with Gasteiger partial charge in [-0.3, -0.25) is 4.79 Å². The third-order valence-electron chi connectivity index (χ3n) is 4.20. The Balaban J connectivity index is 2.24. The fourth-order valence-electron chi connectivity index (χ4n) is 3.12. The van der Waals surface area contributed by atoms with Crippen LogP contribution in [0.25, 0.3) is 0 Å². The second kappa shape index (κ2) is 6.22. The Labute approximate surface area is 132 Å². The minimum atomic E-state index is -1.13. The quantitative estimate of drug-likeness (QED) is 0.870. The minimum Gasteiger partial charge on any atom is -0.480 e. The molecular formula is C15H21BrN2O3. The number of aryl methyl sites for hydroxylation is 1. The van der Waals surface area contributed by atoms with Crippen molar-refractivity contribution < 1.29 is 14.7 Å². The fourth-order valence-corrected chi connectivity index (χ4v) is 3.58.